The Bertz CT molecular complexity index is 7590. The van der Waals surface area contributed by atoms with Crippen LogP contribution in [0, 0.1) is 36.0 Å². The second-order valence-corrected chi connectivity index (χ2v) is 40.6. The number of phenols is 2. The Balaban J connectivity index is 0.000000146. The van der Waals surface area contributed by atoms with Crippen LogP contribution in [0.2, 0.25) is 0 Å². The van der Waals surface area contributed by atoms with E-state index in [9.17, 15) is 10.2 Å². The molecule has 4 aliphatic rings. The first-order valence-corrected chi connectivity index (χ1v) is 51.9. The van der Waals surface area contributed by atoms with Crippen LogP contribution in [0.25, 0.3) is 44.5 Å². The van der Waals surface area contributed by atoms with Crippen LogP contribution in [0.3, 0.4) is 0 Å². The van der Waals surface area contributed by atoms with Crippen LogP contribution >= 0.6 is 95.6 Å². The van der Waals surface area contributed by atoms with Crippen LogP contribution in [-0.2, 0) is 31.3 Å². The van der Waals surface area contributed by atoms with Gasteiger partial charge in [0.2, 0.25) is 0 Å². The van der Waals surface area contributed by atoms with E-state index < -0.39 is 21.7 Å². The average Bonchev–Trinajstić information content (AvgIpc) is 1.56. The third kappa shape index (κ3) is 22.3. The van der Waals surface area contributed by atoms with E-state index in [1.54, 1.807) is 66.9 Å². The fourth-order valence-electron chi connectivity index (χ4n) is 20.8. The van der Waals surface area contributed by atoms with Gasteiger partial charge in [0, 0.05) is 54.7 Å². The van der Waals surface area contributed by atoms with Crippen LogP contribution in [0.1, 0.15) is 118 Å². The number of aromatic hydroxyl groups is 2. The molecule has 0 radical (unpaired) electrons. The molecule has 0 aliphatic heterocycles. The predicted molar refractivity (Wildman–Crippen MR) is 611 cm³/mol. The number of methoxy groups -OCH3 is 6. The van der Waals surface area contributed by atoms with Gasteiger partial charge in [-0.2, -0.15) is 0 Å². The summed E-state index contributed by atoms with van der Waals surface area (Å²) in [6, 6.07) is 147. The molecule has 0 saturated heterocycles. The summed E-state index contributed by atoms with van der Waals surface area (Å²) in [6.07, 6.45) is 5.10. The largest absolute Gasteiger partial charge is 1.00 e. The van der Waals surface area contributed by atoms with E-state index in [0.29, 0.717) is 0 Å². The van der Waals surface area contributed by atoms with E-state index in [-0.39, 0.29) is 122 Å². The fraction of sp³-hybridized carbons (Fsp3) is 0.0763. The summed E-state index contributed by atoms with van der Waals surface area (Å²) in [5.74, 6) is 21.6. The second kappa shape index (κ2) is 50.0. The van der Waals surface area contributed by atoms with E-state index in [0.717, 1.165) is 123 Å². The molecule has 19 aromatic rings. The molecule has 0 fully saturated rings. The molecule has 2 N–H and O–H groups in total. The number of carbonyl (C=O) groups is 1. The van der Waals surface area contributed by atoms with Crippen molar-refractivity contribution in [3.63, 3.8) is 0 Å². The van der Waals surface area contributed by atoms with Crippen molar-refractivity contribution in [2.24, 2.45) is 0 Å². The zero-order valence-electron chi connectivity index (χ0n) is 84.0. The Morgan fingerprint density at radius 1 is 0.240 bits per heavy atom. The number of fused-ring (bicyclic) bond motifs is 12. The summed E-state index contributed by atoms with van der Waals surface area (Å²) in [5.41, 5.74) is 31.3. The van der Waals surface area contributed by atoms with Crippen molar-refractivity contribution in [3.05, 3.63) is 574 Å². The quantitative estimate of drug-likeness (QED) is 0.0333. The minimum absolute atomic E-state index is 0. The Morgan fingerprint density at radius 2 is 0.407 bits per heavy atom. The number of ether oxygens (including phenoxy) is 6. The minimum Gasteiger partial charge on any atom is -1.00 e. The molecule has 150 heavy (non-hydrogen) atoms. The molecular formula is C131H94Br6K2O11. The molecule has 728 valence electrons. The van der Waals surface area contributed by atoms with Gasteiger partial charge in [-0.3, -0.25) is 4.79 Å². The molecule has 0 aromatic heterocycles. The molecule has 19 aromatic carbocycles. The summed E-state index contributed by atoms with van der Waals surface area (Å²) in [6.45, 7) is -0.181. The van der Waals surface area contributed by atoms with E-state index >= 15 is 0 Å². The summed E-state index contributed by atoms with van der Waals surface area (Å²) < 4.78 is 39.2. The van der Waals surface area contributed by atoms with Crippen molar-refractivity contribution < 1.29 is 158 Å². The van der Waals surface area contributed by atoms with Gasteiger partial charge in [0.1, 0.15) is 46.0 Å². The smallest absolute Gasteiger partial charge is 1.00 e. The van der Waals surface area contributed by atoms with Gasteiger partial charge in [-0.1, -0.05) is 325 Å². The first kappa shape index (κ1) is 110. The Kier molecular flexibility index (Phi) is 36.8. The van der Waals surface area contributed by atoms with Crippen molar-refractivity contribution >= 4 is 102 Å². The number of halogens is 6. The number of hydrogen-bond donors (Lipinski definition) is 2. The second-order valence-electron chi connectivity index (χ2n) is 35.1. The van der Waals surface area contributed by atoms with Gasteiger partial charge >= 0.3 is 103 Å². The van der Waals surface area contributed by atoms with Gasteiger partial charge in [-0.15, -0.1) is 6.42 Å². The number of rotatable bonds is 15. The van der Waals surface area contributed by atoms with Crippen LogP contribution in [0.15, 0.2) is 458 Å². The molecule has 0 amide bonds. The number of terminal acetylenes is 1. The van der Waals surface area contributed by atoms with Crippen LogP contribution in [0.4, 0.5) is 0 Å². The third-order valence-corrected chi connectivity index (χ3v) is 30.2. The average molecular weight is 2400 g/mol. The van der Waals surface area contributed by atoms with Crippen molar-refractivity contribution in [3.8, 4) is 127 Å². The van der Waals surface area contributed by atoms with Crippen LogP contribution < -0.4 is 136 Å². The fourth-order valence-corrected chi connectivity index (χ4v) is 22.9. The molecule has 0 saturated carbocycles. The number of phenolic OH excluding ortho intramolecular Hbond substituents is 2. The molecule has 0 bridgehead atoms. The van der Waals surface area contributed by atoms with Crippen LogP contribution in [0.5, 0.6) is 46.0 Å². The summed E-state index contributed by atoms with van der Waals surface area (Å²) in [5, 5.41) is 28.3. The monoisotopic (exact) mass is 2390 g/mol. The van der Waals surface area contributed by atoms with Gasteiger partial charge in [-0.05, 0) is 364 Å². The summed E-state index contributed by atoms with van der Waals surface area (Å²) in [7, 11) is 10.2. The maximum absolute atomic E-state index is 9.92. The van der Waals surface area contributed by atoms with Crippen molar-refractivity contribution in [2.75, 3.05) is 42.7 Å². The number of hydrogen-bond acceptors (Lipinski definition) is 11. The SMILES string of the molecule is C#Cc1ccccc1.COc1ccc(C2(c3ccc(OC)cc3)c3cc(Br)ccc3-c3ccc(Br)cc32)cc1.COc1ccc(C2(c3ccc(OC)cc3)c3cc(Br)ccc3-c3ccc(Br)cc32)cc1.COc1ccc(C2(c3ccc(OC)cc3)c3cc(C#Cc4ccccc4)ccc3-c3ccc(C#Cc4ccccc4)cc32)cc1.O=CO[O-].Oc1ccc(C2(c3ccc(O)cc3)c3cc(Br)ccc3-c3ccc(Br)cc32)cc1.[H-].[K+].[K+]. The Hall–Kier alpha value is -12.2. The maximum Gasteiger partial charge on any atom is 1.00 e. The zero-order valence-corrected chi connectivity index (χ0v) is 98.7. The molecular weight excluding hydrogens is 2310 g/mol. The van der Waals surface area contributed by atoms with E-state index in [4.69, 9.17) is 44.9 Å². The van der Waals surface area contributed by atoms with Crippen molar-refractivity contribution in [1.29, 1.82) is 0 Å². The van der Waals surface area contributed by atoms with Crippen LogP contribution in [-0.4, -0.2) is 59.3 Å². The van der Waals surface area contributed by atoms with E-state index in [1.807, 2.05) is 188 Å². The topological polar surface area (TPSA) is 145 Å². The summed E-state index contributed by atoms with van der Waals surface area (Å²) in [4.78, 5) is 11.2. The maximum atomic E-state index is 9.92. The predicted octanol–water partition coefficient (Wildman–Crippen LogP) is 25.3. The third-order valence-electron chi connectivity index (χ3n) is 27.3. The molecule has 11 nitrogen and oxygen atoms in total. The van der Waals surface area contributed by atoms with Gasteiger partial charge < -0.3 is 50.2 Å². The van der Waals surface area contributed by atoms with Crippen molar-refractivity contribution in [2.45, 2.75) is 21.7 Å². The van der Waals surface area contributed by atoms with E-state index in [2.05, 4.69) is 348 Å². The number of benzene rings is 19. The molecule has 0 unspecified atom stereocenters. The molecule has 0 spiro atoms. The molecule has 23 rings (SSSR count). The summed E-state index contributed by atoms with van der Waals surface area (Å²) >= 11 is 22.2. The first-order valence-electron chi connectivity index (χ1n) is 47.1. The Morgan fingerprint density at radius 3 is 0.580 bits per heavy atom. The van der Waals surface area contributed by atoms with Gasteiger partial charge in [0.25, 0.3) is 6.47 Å². The normalized spacial score (nSPS) is 12.4. The van der Waals surface area contributed by atoms with E-state index in [1.165, 1.54) is 100 Å². The first-order chi connectivity index (χ1) is 72.2. The Labute approximate surface area is 1010 Å². The zero-order chi connectivity index (χ0) is 103. The van der Waals surface area contributed by atoms with Gasteiger partial charge in [0.15, 0.2) is 0 Å². The van der Waals surface area contributed by atoms with Gasteiger partial charge in [0.05, 0.1) is 64.3 Å². The molecule has 0 heterocycles. The van der Waals surface area contributed by atoms with Crippen molar-refractivity contribution in [1.82, 2.24) is 0 Å². The molecule has 4 aliphatic carbocycles. The molecule has 19 heteroatoms. The standard InChI is InChI=1S/C43H30O2.2C27H20Br2O2.C25H16Br2O2.C8H6.CH2O3.2K.H/c1-44-37-23-19-35(20-24-37)43(36-21-25-38(45-2)26-22-36)41-29-33(15-13-31-9-5-3-6-10-31)17-27-39(41)40-28-18-34(30-42(40)43)16-14-32-11-7-4-8-12-32;2*1-30-21-9-3-17(4-10-21)27(18-5-11-22(31-2)12-6-18)25-15-19(28)7-13-23(25)24-14-8-20(29)16-26(24)27;26-17-5-11-21-22-12-6-18(27)14-24(22)25(23(21)13-17,15-1-7-19(28)8-2-15)16-3-9-20(29)10-4-16;1-2-8-6-4-3-5-7-8;2-1-4-3;;;/h3-12,17-30H,1-2H3;2*3-16H,1-2H3;1-14,28-29H;1,3-7H;1,3H;;;/q;;;;;;2*+1;-1/p-1. The minimum atomic E-state index is -0.627. The number of carbonyl (C=O) groups excluding carboxylic acids is 1. The van der Waals surface area contributed by atoms with Gasteiger partial charge in [-0.25, -0.2) is 0 Å². The molecule has 0 atom stereocenters.